The highest BCUT2D eigenvalue weighted by atomic mass is 79.9. The molecule has 0 aliphatic carbocycles. The van der Waals surface area contributed by atoms with E-state index in [9.17, 15) is 4.39 Å². The normalized spacial score (nSPS) is 20.7. The number of ether oxygens (including phenoxy) is 3. The molecule has 2 atom stereocenters. The van der Waals surface area contributed by atoms with E-state index in [-0.39, 0.29) is 24.6 Å². The summed E-state index contributed by atoms with van der Waals surface area (Å²) in [6, 6.07) is 10.9. The molecule has 2 unspecified atom stereocenters. The molecule has 2 aromatic carbocycles. The fourth-order valence-corrected chi connectivity index (χ4v) is 3.68. The highest BCUT2D eigenvalue weighted by Crippen LogP contribution is 2.44. The van der Waals surface area contributed by atoms with Crippen LogP contribution in [-0.4, -0.2) is 25.4 Å². The second-order valence-electron chi connectivity index (χ2n) is 7.05. The van der Waals surface area contributed by atoms with Crippen LogP contribution < -0.4 is 10.1 Å². The molecule has 1 aliphatic rings. The molecule has 0 spiro atoms. The number of halogens is 2. The van der Waals surface area contributed by atoms with Crippen molar-refractivity contribution in [2.24, 2.45) is 0 Å². The highest BCUT2D eigenvalue weighted by molar-refractivity contribution is 9.10. The molecule has 6 heteroatoms. The van der Waals surface area contributed by atoms with Crippen molar-refractivity contribution in [3.05, 3.63) is 57.8 Å². The van der Waals surface area contributed by atoms with E-state index in [0.29, 0.717) is 16.6 Å². The number of anilines is 1. The average Bonchev–Trinajstić information content (AvgIpc) is 2.62. The van der Waals surface area contributed by atoms with Gasteiger partial charge in [0.2, 0.25) is 0 Å². The van der Waals surface area contributed by atoms with Crippen LogP contribution in [0.2, 0.25) is 0 Å². The van der Waals surface area contributed by atoms with Crippen LogP contribution in [0.4, 0.5) is 10.1 Å². The Balaban J connectivity index is 1.91. The second kappa shape index (κ2) is 8.17. The minimum absolute atomic E-state index is 0.140. The summed E-state index contributed by atoms with van der Waals surface area (Å²) in [6.45, 7) is 6.57. The van der Waals surface area contributed by atoms with Crippen molar-refractivity contribution >= 4 is 21.6 Å². The van der Waals surface area contributed by atoms with Gasteiger partial charge in [0.05, 0.1) is 6.61 Å². The van der Waals surface area contributed by atoms with Crippen LogP contribution >= 0.6 is 15.9 Å². The standard InChI is InChI=1S/C21H25BrFNO3/c1-5-25-19-16-11-15(24-4)8-9-18(16)27-21(2,3)20(19)26-12-13-6-7-14(22)10-17(13)23/h6-11,19-20,24H,5,12H2,1-4H3. The van der Waals surface area contributed by atoms with Crippen LogP contribution in [0.3, 0.4) is 0 Å². The quantitative estimate of drug-likeness (QED) is 0.650. The minimum Gasteiger partial charge on any atom is -0.485 e. The Labute approximate surface area is 168 Å². The lowest BCUT2D eigenvalue weighted by molar-refractivity contribution is -0.166. The minimum atomic E-state index is -0.625. The fourth-order valence-electron chi connectivity index (χ4n) is 3.35. The third-order valence-electron chi connectivity index (χ3n) is 4.72. The lowest BCUT2D eigenvalue weighted by Crippen LogP contribution is -2.51. The van der Waals surface area contributed by atoms with Crippen molar-refractivity contribution in [1.29, 1.82) is 0 Å². The smallest absolute Gasteiger partial charge is 0.132 e. The Kier molecular flexibility index (Phi) is 6.08. The molecular weight excluding hydrogens is 413 g/mol. The van der Waals surface area contributed by atoms with E-state index in [4.69, 9.17) is 14.2 Å². The molecule has 0 aromatic heterocycles. The third kappa shape index (κ3) is 4.28. The maximum absolute atomic E-state index is 14.2. The summed E-state index contributed by atoms with van der Waals surface area (Å²) in [6.07, 6.45) is -0.694. The Morgan fingerprint density at radius 2 is 1.96 bits per heavy atom. The molecular formula is C21H25BrFNO3. The van der Waals surface area contributed by atoms with Gasteiger partial charge in [-0.05, 0) is 51.1 Å². The lowest BCUT2D eigenvalue weighted by atomic mass is 9.87. The molecule has 0 amide bonds. The van der Waals surface area contributed by atoms with Gasteiger partial charge in [0, 0.05) is 34.9 Å². The van der Waals surface area contributed by atoms with E-state index < -0.39 is 5.60 Å². The van der Waals surface area contributed by atoms with Gasteiger partial charge in [-0.15, -0.1) is 0 Å². The van der Waals surface area contributed by atoms with Crippen molar-refractivity contribution in [2.45, 2.75) is 45.2 Å². The zero-order valence-corrected chi connectivity index (χ0v) is 17.6. The van der Waals surface area contributed by atoms with Crippen molar-refractivity contribution in [1.82, 2.24) is 0 Å². The Morgan fingerprint density at radius 3 is 2.63 bits per heavy atom. The van der Waals surface area contributed by atoms with Gasteiger partial charge in [-0.3, -0.25) is 0 Å². The Bertz CT molecular complexity index is 812. The number of rotatable bonds is 6. The second-order valence-corrected chi connectivity index (χ2v) is 7.97. The summed E-state index contributed by atoms with van der Waals surface area (Å²) in [5.41, 5.74) is 1.78. The third-order valence-corrected chi connectivity index (χ3v) is 5.21. The Morgan fingerprint density at radius 1 is 1.19 bits per heavy atom. The molecule has 27 heavy (non-hydrogen) atoms. The number of fused-ring (bicyclic) bond motifs is 1. The van der Waals surface area contributed by atoms with Gasteiger partial charge in [-0.1, -0.05) is 22.0 Å². The van der Waals surface area contributed by atoms with Crippen LogP contribution in [0.15, 0.2) is 40.9 Å². The summed E-state index contributed by atoms with van der Waals surface area (Å²) in [5, 5.41) is 3.14. The predicted molar refractivity (Wildman–Crippen MR) is 108 cm³/mol. The van der Waals surface area contributed by atoms with Crippen LogP contribution in [0.25, 0.3) is 0 Å². The largest absolute Gasteiger partial charge is 0.485 e. The summed E-state index contributed by atoms with van der Waals surface area (Å²) in [7, 11) is 1.87. The first-order valence-electron chi connectivity index (χ1n) is 9.03. The molecule has 0 fully saturated rings. The van der Waals surface area contributed by atoms with E-state index in [2.05, 4.69) is 21.2 Å². The molecule has 0 saturated carbocycles. The molecule has 2 aromatic rings. The predicted octanol–water partition coefficient (Wildman–Crippen LogP) is 5.46. The lowest BCUT2D eigenvalue weighted by Gasteiger charge is -2.44. The van der Waals surface area contributed by atoms with Gasteiger partial charge in [-0.2, -0.15) is 0 Å². The van der Waals surface area contributed by atoms with Gasteiger partial charge in [0.15, 0.2) is 0 Å². The molecule has 1 aliphatic heterocycles. The van der Waals surface area contributed by atoms with Gasteiger partial charge < -0.3 is 19.5 Å². The van der Waals surface area contributed by atoms with Crippen LogP contribution in [0.5, 0.6) is 5.75 Å². The number of benzene rings is 2. The molecule has 0 saturated heterocycles. The summed E-state index contributed by atoms with van der Waals surface area (Å²) >= 11 is 3.28. The van der Waals surface area contributed by atoms with Gasteiger partial charge >= 0.3 is 0 Å². The monoisotopic (exact) mass is 437 g/mol. The van der Waals surface area contributed by atoms with E-state index in [1.54, 1.807) is 12.1 Å². The average molecular weight is 438 g/mol. The number of hydrogen-bond acceptors (Lipinski definition) is 4. The van der Waals surface area contributed by atoms with E-state index >= 15 is 0 Å². The zero-order valence-electron chi connectivity index (χ0n) is 16.0. The van der Waals surface area contributed by atoms with Crippen LogP contribution in [-0.2, 0) is 16.1 Å². The first-order chi connectivity index (χ1) is 12.9. The number of nitrogens with one attached hydrogen (secondary N) is 1. The molecule has 0 radical (unpaired) electrons. The molecule has 3 rings (SSSR count). The van der Waals surface area contributed by atoms with Gasteiger partial charge in [-0.25, -0.2) is 4.39 Å². The molecule has 1 N–H and O–H groups in total. The van der Waals surface area contributed by atoms with Crippen LogP contribution in [0.1, 0.15) is 38.0 Å². The fraction of sp³-hybridized carbons (Fsp3) is 0.429. The zero-order chi connectivity index (χ0) is 19.6. The maximum atomic E-state index is 14.2. The molecule has 4 nitrogen and oxygen atoms in total. The maximum Gasteiger partial charge on any atom is 0.132 e. The first kappa shape index (κ1) is 20.1. The van der Waals surface area contributed by atoms with E-state index in [1.165, 1.54) is 6.07 Å². The Hall–Kier alpha value is -1.63. The van der Waals surface area contributed by atoms with E-state index in [1.807, 2.05) is 46.0 Å². The van der Waals surface area contributed by atoms with Gasteiger partial charge in [0.1, 0.15) is 29.4 Å². The van der Waals surface area contributed by atoms with Crippen molar-refractivity contribution in [3.63, 3.8) is 0 Å². The topological polar surface area (TPSA) is 39.7 Å². The first-order valence-corrected chi connectivity index (χ1v) is 9.83. The number of hydrogen-bond donors (Lipinski definition) is 1. The van der Waals surface area contributed by atoms with Crippen molar-refractivity contribution in [3.8, 4) is 5.75 Å². The highest BCUT2D eigenvalue weighted by Gasteiger charge is 2.45. The van der Waals surface area contributed by atoms with Gasteiger partial charge in [0.25, 0.3) is 0 Å². The summed E-state index contributed by atoms with van der Waals surface area (Å²) in [5.74, 6) is 0.483. The SMILES string of the molecule is CCOC1c2cc(NC)ccc2OC(C)(C)C1OCc1ccc(Br)cc1F. The van der Waals surface area contributed by atoms with E-state index in [0.717, 1.165) is 17.0 Å². The molecule has 0 bridgehead atoms. The van der Waals surface area contributed by atoms with Crippen molar-refractivity contribution < 1.29 is 18.6 Å². The summed E-state index contributed by atoms with van der Waals surface area (Å²) < 4.78 is 33.3. The summed E-state index contributed by atoms with van der Waals surface area (Å²) in [4.78, 5) is 0. The van der Waals surface area contributed by atoms with Crippen LogP contribution in [0, 0.1) is 5.82 Å². The molecule has 1 heterocycles. The molecule has 146 valence electrons. The van der Waals surface area contributed by atoms with Crippen molar-refractivity contribution in [2.75, 3.05) is 19.0 Å².